The first-order valence-electron chi connectivity index (χ1n) is 5.44. The highest BCUT2D eigenvalue weighted by Crippen LogP contribution is 2.18. The Balaban J connectivity index is 2.00. The minimum atomic E-state index is 0.721. The molecule has 4 nitrogen and oxygen atoms in total. The molecule has 0 bridgehead atoms. The van der Waals surface area contributed by atoms with Gasteiger partial charge in [-0.3, -0.25) is 5.10 Å². The first kappa shape index (κ1) is 10.7. The highest BCUT2D eigenvalue weighted by atomic mass is 15.1. The Hall–Kier alpha value is -1.81. The molecule has 0 radical (unpaired) electrons. The number of H-pyrrole nitrogens is 1. The van der Waals surface area contributed by atoms with Crippen LogP contribution >= 0.6 is 0 Å². The third kappa shape index (κ3) is 2.61. The van der Waals surface area contributed by atoms with E-state index in [2.05, 4.69) is 39.8 Å². The van der Waals surface area contributed by atoms with Crippen LogP contribution in [0.2, 0.25) is 0 Å². The molecule has 1 aromatic heterocycles. The molecule has 0 amide bonds. The molecule has 0 aliphatic carbocycles. The molecule has 1 aromatic carbocycles. The van der Waals surface area contributed by atoms with Crippen LogP contribution in [0.15, 0.2) is 36.5 Å². The van der Waals surface area contributed by atoms with Crippen LogP contribution < -0.4 is 11.1 Å². The van der Waals surface area contributed by atoms with Crippen molar-refractivity contribution < 1.29 is 0 Å². The fourth-order valence-electron chi connectivity index (χ4n) is 1.52. The van der Waals surface area contributed by atoms with Crippen molar-refractivity contribution in [3.05, 3.63) is 36.5 Å². The first-order valence-corrected chi connectivity index (χ1v) is 5.44. The number of aromatic amines is 1. The fourth-order valence-corrected chi connectivity index (χ4v) is 1.52. The Kier molecular flexibility index (Phi) is 3.56. The van der Waals surface area contributed by atoms with Gasteiger partial charge in [-0.05, 0) is 36.7 Å². The summed E-state index contributed by atoms with van der Waals surface area (Å²) in [7, 11) is 0. The first-order chi connectivity index (χ1) is 7.90. The van der Waals surface area contributed by atoms with Crippen LogP contribution in [0.3, 0.4) is 0 Å². The molecule has 0 fully saturated rings. The van der Waals surface area contributed by atoms with E-state index in [9.17, 15) is 0 Å². The third-order valence-electron chi connectivity index (χ3n) is 2.41. The molecular weight excluding hydrogens is 200 g/mol. The average Bonchev–Trinajstić information content (AvgIpc) is 2.84. The van der Waals surface area contributed by atoms with Gasteiger partial charge in [-0.1, -0.05) is 12.1 Å². The Morgan fingerprint density at radius 1 is 1.19 bits per heavy atom. The maximum absolute atomic E-state index is 5.43. The molecule has 1 heterocycles. The molecule has 0 aliphatic heterocycles. The van der Waals surface area contributed by atoms with Gasteiger partial charge in [0.15, 0.2) is 0 Å². The quantitative estimate of drug-likeness (QED) is 0.668. The normalized spacial score (nSPS) is 10.3. The standard InChI is InChI=1S/C12H16N4/c13-7-1-8-14-11-4-2-10(3-5-11)12-6-9-15-16-12/h2-6,9,14H,1,7-8,13H2,(H,15,16). The number of aromatic nitrogens is 2. The van der Waals surface area contributed by atoms with Gasteiger partial charge in [0, 0.05) is 18.4 Å². The van der Waals surface area contributed by atoms with Crippen LogP contribution in [-0.2, 0) is 0 Å². The molecule has 0 saturated heterocycles. The van der Waals surface area contributed by atoms with Crippen LogP contribution in [-0.4, -0.2) is 23.3 Å². The maximum Gasteiger partial charge on any atom is 0.0650 e. The summed E-state index contributed by atoms with van der Waals surface area (Å²) in [6.45, 7) is 1.64. The van der Waals surface area contributed by atoms with Crippen molar-refractivity contribution in [2.75, 3.05) is 18.4 Å². The third-order valence-corrected chi connectivity index (χ3v) is 2.41. The summed E-state index contributed by atoms with van der Waals surface area (Å²) in [5, 5.41) is 10.2. The molecular formula is C12H16N4. The van der Waals surface area contributed by atoms with Gasteiger partial charge in [-0.25, -0.2) is 0 Å². The zero-order valence-electron chi connectivity index (χ0n) is 9.11. The molecule has 0 aliphatic rings. The lowest BCUT2D eigenvalue weighted by atomic mass is 10.1. The maximum atomic E-state index is 5.43. The van der Waals surface area contributed by atoms with E-state index >= 15 is 0 Å². The van der Waals surface area contributed by atoms with Crippen LogP contribution in [0.25, 0.3) is 11.3 Å². The van der Waals surface area contributed by atoms with Crippen LogP contribution in [0.5, 0.6) is 0 Å². The second-order valence-electron chi connectivity index (χ2n) is 3.62. The second-order valence-corrected chi connectivity index (χ2v) is 3.62. The lowest BCUT2D eigenvalue weighted by Crippen LogP contribution is -2.08. The number of hydrogen-bond acceptors (Lipinski definition) is 3. The summed E-state index contributed by atoms with van der Waals surface area (Å²) in [6.07, 6.45) is 2.74. The van der Waals surface area contributed by atoms with Gasteiger partial charge in [-0.15, -0.1) is 0 Å². The van der Waals surface area contributed by atoms with Crippen molar-refractivity contribution in [2.45, 2.75) is 6.42 Å². The second kappa shape index (κ2) is 5.32. The molecule has 2 rings (SSSR count). The number of rotatable bonds is 5. The molecule has 84 valence electrons. The number of nitrogens with two attached hydrogens (primary N) is 1. The van der Waals surface area contributed by atoms with E-state index in [1.807, 2.05) is 6.07 Å². The zero-order valence-corrected chi connectivity index (χ0v) is 9.11. The summed E-state index contributed by atoms with van der Waals surface area (Å²) >= 11 is 0. The summed E-state index contributed by atoms with van der Waals surface area (Å²) < 4.78 is 0. The lowest BCUT2D eigenvalue weighted by molar-refractivity contribution is 0.874. The van der Waals surface area contributed by atoms with E-state index in [-0.39, 0.29) is 0 Å². The smallest absolute Gasteiger partial charge is 0.0650 e. The predicted octanol–water partition coefficient (Wildman–Crippen LogP) is 1.84. The number of hydrogen-bond donors (Lipinski definition) is 3. The lowest BCUT2D eigenvalue weighted by Gasteiger charge is -2.05. The van der Waals surface area contributed by atoms with E-state index in [1.165, 1.54) is 0 Å². The minimum Gasteiger partial charge on any atom is -0.385 e. The summed E-state index contributed by atoms with van der Waals surface area (Å²) in [5.41, 5.74) is 8.73. The van der Waals surface area contributed by atoms with E-state index in [1.54, 1.807) is 6.20 Å². The van der Waals surface area contributed by atoms with Gasteiger partial charge in [0.2, 0.25) is 0 Å². The Bertz CT molecular complexity index is 405. The number of nitrogens with one attached hydrogen (secondary N) is 2. The van der Waals surface area contributed by atoms with Gasteiger partial charge in [0.25, 0.3) is 0 Å². The number of anilines is 1. The molecule has 4 heteroatoms. The van der Waals surface area contributed by atoms with Crippen LogP contribution in [0.4, 0.5) is 5.69 Å². The average molecular weight is 216 g/mol. The van der Waals surface area contributed by atoms with Crippen molar-refractivity contribution in [3.63, 3.8) is 0 Å². The highest BCUT2D eigenvalue weighted by Gasteiger charge is 1.98. The number of benzene rings is 1. The molecule has 0 atom stereocenters. The number of nitrogens with zero attached hydrogens (tertiary/aromatic N) is 1. The van der Waals surface area contributed by atoms with Gasteiger partial charge in [0.05, 0.1) is 5.69 Å². The predicted molar refractivity (Wildman–Crippen MR) is 66.2 cm³/mol. The fraction of sp³-hybridized carbons (Fsp3) is 0.250. The summed E-state index contributed by atoms with van der Waals surface area (Å²) in [6, 6.07) is 10.2. The van der Waals surface area contributed by atoms with E-state index in [0.29, 0.717) is 0 Å². The van der Waals surface area contributed by atoms with Gasteiger partial charge >= 0.3 is 0 Å². The minimum absolute atomic E-state index is 0.721. The Morgan fingerprint density at radius 3 is 2.62 bits per heavy atom. The molecule has 0 unspecified atom stereocenters. The highest BCUT2D eigenvalue weighted by molar-refractivity contribution is 5.62. The Labute approximate surface area is 94.9 Å². The SMILES string of the molecule is NCCCNc1ccc(-c2ccn[nH]2)cc1. The van der Waals surface area contributed by atoms with Crippen LogP contribution in [0, 0.1) is 0 Å². The van der Waals surface area contributed by atoms with Crippen molar-refractivity contribution in [1.29, 1.82) is 0 Å². The topological polar surface area (TPSA) is 66.7 Å². The molecule has 4 N–H and O–H groups in total. The summed E-state index contributed by atoms with van der Waals surface area (Å²) in [5.74, 6) is 0. The van der Waals surface area contributed by atoms with E-state index in [0.717, 1.165) is 36.5 Å². The van der Waals surface area contributed by atoms with Crippen LogP contribution in [0.1, 0.15) is 6.42 Å². The van der Waals surface area contributed by atoms with E-state index < -0.39 is 0 Å². The molecule has 2 aromatic rings. The largest absolute Gasteiger partial charge is 0.385 e. The molecule has 16 heavy (non-hydrogen) atoms. The van der Waals surface area contributed by atoms with Crippen molar-refractivity contribution in [2.24, 2.45) is 5.73 Å². The van der Waals surface area contributed by atoms with Crippen molar-refractivity contribution >= 4 is 5.69 Å². The van der Waals surface area contributed by atoms with Gasteiger partial charge < -0.3 is 11.1 Å². The van der Waals surface area contributed by atoms with Gasteiger partial charge in [0.1, 0.15) is 0 Å². The van der Waals surface area contributed by atoms with E-state index in [4.69, 9.17) is 5.73 Å². The molecule has 0 spiro atoms. The van der Waals surface area contributed by atoms with Crippen molar-refractivity contribution in [1.82, 2.24) is 10.2 Å². The van der Waals surface area contributed by atoms with Gasteiger partial charge in [-0.2, -0.15) is 5.10 Å². The zero-order chi connectivity index (χ0) is 11.2. The van der Waals surface area contributed by atoms with Crippen molar-refractivity contribution in [3.8, 4) is 11.3 Å². The molecule has 0 saturated carbocycles. The Morgan fingerprint density at radius 2 is 2.00 bits per heavy atom. The summed E-state index contributed by atoms with van der Waals surface area (Å²) in [4.78, 5) is 0. The monoisotopic (exact) mass is 216 g/mol.